The lowest BCUT2D eigenvalue weighted by Gasteiger charge is -2.11. The van der Waals surface area contributed by atoms with E-state index in [0.29, 0.717) is 0 Å². The minimum Gasteiger partial charge on any atom is -0.456 e. The van der Waals surface area contributed by atoms with E-state index in [0.717, 1.165) is 18.2 Å². The molecule has 0 spiro atoms. The van der Waals surface area contributed by atoms with Gasteiger partial charge in [-0.25, -0.2) is 0 Å². The molecule has 2 aromatic rings. The second-order valence-corrected chi connectivity index (χ2v) is 4.80. The largest absolute Gasteiger partial charge is 0.456 e. The Morgan fingerprint density at radius 3 is 2.26 bits per heavy atom. The molecular formula is C16H13Cl2F3O2. The van der Waals surface area contributed by atoms with Gasteiger partial charge in [0.25, 0.3) is 5.24 Å². The minimum absolute atomic E-state index is 0.0452. The number of hydrogen-bond acceptors (Lipinski definition) is 2. The molecule has 0 amide bonds. The second-order valence-electron chi connectivity index (χ2n) is 4.05. The molecule has 0 heterocycles. The van der Waals surface area contributed by atoms with Gasteiger partial charge in [-0.05, 0) is 48.0 Å². The van der Waals surface area contributed by atoms with Crippen molar-refractivity contribution >= 4 is 28.4 Å². The highest BCUT2D eigenvalue weighted by atomic mass is 35.5. The summed E-state index contributed by atoms with van der Waals surface area (Å²) in [7, 11) is 0. The van der Waals surface area contributed by atoms with Crippen molar-refractivity contribution in [1.82, 2.24) is 0 Å². The van der Waals surface area contributed by atoms with Crippen LogP contribution in [-0.4, -0.2) is 5.24 Å². The van der Waals surface area contributed by atoms with E-state index in [9.17, 15) is 18.0 Å². The Kier molecular flexibility index (Phi) is 6.91. The topological polar surface area (TPSA) is 26.3 Å². The lowest BCUT2D eigenvalue weighted by molar-refractivity contribution is -0.137. The first-order valence-corrected chi connectivity index (χ1v) is 7.37. The fourth-order valence-corrected chi connectivity index (χ4v) is 1.91. The number of halogens is 5. The van der Waals surface area contributed by atoms with Crippen molar-refractivity contribution in [2.75, 3.05) is 0 Å². The van der Waals surface area contributed by atoms with Gasteiger partial charge in [-0.2, -0.15) is 13.2 Å². The molecule has 0 aromatic heterocycles. The van der Waals surface area contributed by atoms with Crippen molar-refractivity contribution in [2.45, 2.75) is 20.0 Å². The van der Waals surface area contributed by atoms with Gasteiger partial charge in [0, 0.05) is 5.56 Å². The maximum Gasteiger partial charge on any atom is 0.416 e. The number of alkyl halides is 3. The molecule has 0 N–H and O–H groups in total. The minimum atomic E-state index is -4.48. The molecule has 0 radical (unpaired) electrons. The molecule has 0 unspecified atom stereocenters. The molecule has 0 aliphatic heterocycles. The van der Waals surface area contributed by atoms with Crippen molar-refractivity contribution in [2.24, 2.45) is 0 Å². The lowest BCUT2D eigenvalue weighted by Crippen LogP contribution is -2.04. The average Bonchev–Trinajstić information content (AvgIpc) is 2.50. The van der Waals surface area contributed by atoms with Crippen LogP contribution in [0.3, 0.4) is 0 Å². The second kappa shape index (κ2) is 8.22. The quantitative estimate of drug-likeness (QED) is 0.576. The summed E-state index contributed by atoms with van der Waals surface area (Å²) in [4.78, 5) is 11.0. The fraction of sp³-hybridized carbons (Fsp3) is 0.188. The molecule has 23 heavy (non-hydrogen) atoms. The molecule has 0 bridgehead atoms. The van der Waals surface area contributed by atoms with E-state index in [1.54, 1.807) is 0 Å². The number of hydrogen-bond donors (Lipinski definition) is 0. The predicted molar refractivity (Wildman–Crippen MR) is 84.5 cm³/mol. The Morgan fingerprint density at radius 1 is 1.09 bits per heavy atom. The fourth-order valence-electron chi connectivity index (χ4n) is 1.57. The van der Waals surface area contributed by atoms with Crippen LogP contribution in [-0.2, 0) is 6.18 Å². The van der Waals surface area contributed by atoms with Crippen molar-refractivity contribution in [3.05, 3.63) is 58.6 Å². The van der Waals surface area contributed by atoms with E-state index in [1.165, 1.54) is 24.3 Å². The van der Waals surface area contributed by atoms with Crippen molar-refractivity contribution in [3.63, 3.8) is 0 Å². The maximum atomic E-state index is 12.5. The molecule has 2 aromatic carbocycles. The van der Waals surface area contributed by atoms with Crippen molar-refractivity contribution in [3.8, 4) is 11.5 Å². The monoisotopic (exact) mass is 364 g/mol. The summed E-state index contributed by atoms with van der Waals surface area (Å²) in [6, 6.07) is 8.64. The van der Waals surface area contributed by atoms with Gasteiger partial charge in [-0.3, -0.25) is 4.79 Å². The van der Waals surface area contributed by atoms with Crippen LogP contribution in [0.4, 0.5) is 13.2 Å². The third-order valence-corrected chi connectivity index (χ3v) is 3.06. The molecule has 0 aliphatic rings. The summed E-state index contributed by atoms with van der Waals surface area (Å²) in [5.74, 6) is 0.284. The molecular weight excluding hydrogens is 352 g/mol. The van der Waals surface area contributed by atoms with E-state index in [4.69, 9.17) is 27.9 Å². The Balaban J connectivity index is 0.00000127. The van der Waals surface area contributed by atoms with Gasteiger partial charge in [0.05, 0.1) is 10.6 Å². The van der Waals surface area contributed by atoms with Gasteiger partial charge < -0.3 is 4.74 Å². The van der Waals surface area contributed by atoms with E-state index in [2.05, 4.69) is 0 Å². The predicted octanol–water partition coefficient (Wildman–Crippen LogP) is 6.56. The zero-order valence-electron chi connectivity index (χ0n) is 12.2. The molecule has 0 fully saturated rings. The van der Waals surface area contributed by atoms with Gasteiger partial charge in [0.1, 0.15) is 11.5 Å². The number of benzene rings is 2. The SMILES string of the molecule is CC.O=C(Cl)c1cccc(Oc2ccc(C(F)(F)F)cc2Cl)c1. The third kappa shape index (κ3) is 5.44. The third-order valence-electron chi connectivity index (χ3n) is 2.55. The van der Waals surface area contributed by atoms with E-state index >= 15 is 0 Å². The Labute approximate surface area is 141 Å². The summed E-state index contributed by atoms with van der Waals surface area (Å²) in [6.07, 6.45) is -4.48. The number of rotatable bonds is 3. The van der Waals surface area contributed by atoms with Crippen LogP contribution in [0.25, 0.3) is 0 Å². The molecule has 2 nitrogen and oxygen atoms in total. The lowest BCUT2D eigenvalue weighted by atomic mass is 10.2. The van der Waals surface area contributed by atoms with E-state index in [1.807, 2.05) is 13.8 Å². The van der Waals surface area contributed by atoms with Crippen LogP contribution in [0, 0.1) is 0 Å². The molecule has 0 saturated heterocycles. The van der Waals surface area contributed by atoms with Gasteiger partial charge in [-0.15, -0.1) is 0 Å². The zero-order chi connectivity index (χ0) is 17.6. The Hall–Kier alpha value is -1.72. The summed E-state index contributed by atoms with van der Waals surface area (Å²) in [5.41, 5.74) is -0.665. The van der Waals surface area contributed by atoms with Crippen LogP contribution >= 0.6 is 23.2 Å². The number of carbonyl (C=O) groups excluding carboxylic acids is 1. The highest BCUT2D eigenvalue weighted by molar-refractivity contribution is 6.67. The average molecular weight is 365 g/mol. The summed E-state index contributed by atoms with van der Waals surface area (Å²) in [6.45, 7) is 4.00. The van der Waals surface area contributed by atoms with Crippen LogP contribution in [0.15, 0.2) is 42.5 Å². The molecule has 124 valence electrons. The summed E-state index contributed by atoms with van der Waals surface area (Å²) in [5, 5.41) is -0.855. The van der Waals surface area contributed by atoms with E-state index in [-0.39, 0.29) is 22.1 Å². The summed E-state index contributed by atoms with van der Waals surface area (Å²) >= 11 is 11.1. The van der Waals surface area contributed by atoms with Crippen LogP contribution in [0.5, 0.6) is 11.5 Å². The molecule has 0 saturated carbocycles. The number of carbonyl (C=O) groups is 1. The standard InChI is InChI=1S/C14H7Cl2F3O2.C2H6/c15-11-7-9(14(17,18)19)4-5-12(11)21-10-3-1-2-8(6-10)13(16)20;1-2/h1-7H;1-2H3. The first kappa shape index (κ1) is 19.3. The van der Waals surface area contributed by atoms with Gasteiger partial charge >= 0.3 is 6.18 Å². The van der Waals surface area contributed by atoms with Crippen molar-refractivity contribution in [1.29, 1.82) is 0 Å². The van der Waals surface area contributed by atoms with Gasteiger partial charge in [0.2, 0.25) is 0 Å². The van der Waals surface area contributed by atoms with E-state index < -0.39 is 17.0 Å². The molecule has 0 aliphatic carbocycles. The van der Waals surface area contributed by atoms with Crippen LogP contribution < -0.4 is 4.74 Å². The molecule has 2 rings (SSSR count). The summed E-state index contributed by atoms with van der Waals surface area (Å²) < 4.78 is 42.9. The van der Waals surface area contributed by atoms with Crippen molar-refractivity contribution < 1.29 is 22.7 Å². The highest BCUT2D eigenvalue weighted by Crippen LogP contribution is 2.36. The smallest absolute Gasteiger partial charge is 0.416 e. The normalized spacial score (nSPS) is 10.6. The number of ether oxygens (including phenoxy) is 1. The van der Waals surface area contributed by atoms with Crippen LogP contribution in [0.1, 0.15) is 29.8 Å². The van der Waals surface area contributed by atoms with Crippen LogP contribution in [0.2, 0.25) is 5.02 Å². The van der Waals surface area contributed by atoms with Gasteiger partial charge in [-0.1, -0.05) is 31.5 Å². The molecule has 7 heteroatoms. The Bertz CT molecular complexity index is 685. The first-order chi connectivity index (χ1) is 10.8. The van der Waals surface area contributed by atoms with Gasteiger partial charge in [0.15, 0.2) is 0 Å². The molecule has 0 atom stereocenters. The zero-order valence-corrected chi connectivity index (χ0v) is 13.8. The maximum absolute atomic E-state index is 12.5. The highest BCUT2D eigenvalue weighted by Gasteiger charge is 2.31. The Morgan fingerprint density at radius 2 is 1.74 bits per heavy atom. The first-order valence-electron chi connectivity index (χ1n) is 6.62.